The predicted molar refractivity (Wildman–Crippen MR) is 89.1 cm³/mol. The fourth-order valence-electron chi connectivity index (χ4n) is 3.66. The van der Waals surface area contributed by atoms with Gasteiger partial charge in [-0.05, 0) is 27.2 Å². The minimum Gasteiger partial charge on any atom is -0.369 e. The Hall–Kier alpha value is -1.41. The molecule has 2 saturated heterocycles. The Morgan fingerprint density at radius 2 is 2.00 bits per heavy atom. The molecule has 7 nitrogen and oxygen atoms in total. The van der Waals surface area contributed by atoms with E-state index in [0.717, 1.165) is 12.4 Å². The Bertz CT molecular complexity index is 697. The summed E-state index contributed by atoms with van der Waals surface area (Å²) in [4.78, 5) is 19.1. The van der Waals surface area contributed by atoms with Crippen LogP contribution in [0.15, 0.2) is 12.4 Å². The van der Waals surface area contributed by atoms with Gasteiger partial charge in [0, 0.05) is 38.6 Å². The summed E-state index contributed by atoms with van der Waals surface area (Å²) < 4.78 is 32.1. The van der Waals surface area contributed by atoms with Gasteiger partial charge in [0.05, 0.1) is 16.4 Å². The Morgan fingerprint density at radius 1 is 1.33 bits per heavy atom. The van der Waals surface area contributed by atoms with Crippen LogP contribution < -0.4 is 0 Å². The summed E-state index contributed by atoms with van der Waals surface area (Å²) in [6.07, 6.45) is 3.90. The molecule has 3 heterocycles. The highest BCUT2D eigenvalue weighted by atomic mass is 32.2. The van der Waals surface area contributed by atoms with Crippen LogP contribution in [0.1, 0.15) is 39.1 Å². The predicted octanol–water partition coefficient (Wildman–Crippen LogP) is 1.01. The number of amides is 1. The number of carbonyl (C=O) groups excluding carboxylic acids is 1. The molecule has 4 atom stereocenters. The first-order valence-electron chi connectivity index (χ1n) is 8.50. The zero-order chi connectivity index (χ0) is 17.5. The quantitative estimate of drug-likeness (QED) is 0.808. The molecule has 1 aromatic rings. The first-order valence-corrected chi connectivity index (χ1v) is 10.1. The third kappa shape index (κ3) is 2.86. The van der Waals surface area contributed by atoms with Crippen LogP contribution in [0, 0.1) is 5.92 Å². The molecule has 134 valence electrons. The second kappa shape index (κ2) is 6.48. The van der Waals surface area contributed by atoms with E-state index in [4.69, 9.17) is 4.74 Å². The number of ether oxygens (including phenoxy) is 1. The molecule has 0 aliphatic carbocycles. The molecule has 1 aromatic heterocycles. The van der Waals surface area contributed by atoms with Crippen molar-refractivity contribution < 1.29 is 17.9 Å². The Morgan fingerprint density at radius 3 is 2.62 bits per heavy atom. The van der Waals surface area contributed by atoms with Gasteiger partial charge in [0.25, 0.3) is 0 Å². The second-order valence-electron chi connectivity index (χ2n) is 6.71. The third-order valence-corrected chi connectivity index (χ3v) is 7.68. The Labute approximate surface area is 142 Å². The average Bonchev–Trinajstić information content (AvgIpc) is 3.19. The standard InChI is InChI=1S/C16H25N3O4S/c1-4-18-7-6-17-15(18)14-13(5-8-23-14)16(20)19-9-11(2)24(21,22)12(3)10-19/h6-7,11-14H,4-5,8-10H2,1-3H3/t11?,12?,13-,14-/m1/s1. The van der Waals surface area contributed by atoms with Gasteiger partial charge in [-0.3, -0.25) is 4.79 Å². The van der Waals surface area contributed by atoms with E-state index in [1.54, 1.807) is 24.9 Å². The number of sulfone groups is 1. The van der Waals surface area contributed by atoms with Crippen molar-refractivity contribution in [3.63, 3.8) is 0 Å². The number of nitrogens with zero attached hydrogens (tertiary/aromatic N) is 3. The lowest BCUT2D eigenvalue weighted by Gasteiger charge is -2.36. The topological polar surface area (TPSA) is 81.5 Å². The minimum absolute atomic E-state index is 0.0169. The smallest absolute Gasteiger partial charge is 0.228 e. The normalized spacial score (nSPS) is 32.9. The van der Waals surface area contributed by atoms with Gasteiger partial charge in [-0.25, -0.2) is 13.4 Å². The third-order valence-electron chi connectivity index (χ3n) is 5.14. The van der Waals surface area contributed by atoms with E-state index in [0.29, 0.717) is 13.0 Å². The molecule has 8 heteroatoms. The van der Waals surface area contributed by atoms with Crippen molar-refractivity contribution in [1.82, 2.24) is 14.5 Å². The van der Waals surface area contributed by atoms with Crippen molar-refractivity contribution in [2.24, 2.45) is 5.92 Å². The SMILES string of the molecule is CCn1ccnc1[C@@H]1OCC[C@H]1C(=O)N1CC(C)S(=O)(=O)C(C)C1. The summed E-state index contributed by atoms with van der Waals surface area (Å²) in [7, 11) is -3.14. The van der Waals surface area contributed by atoms with Crippen LogP contribution in [0.5, 0.6) is 0 Å². The monoisotopic (exact) mass is 355 g/mol. The molecule has 0 N–H and O–H groups in total. The molecule has 0 radical (unpaired) electrons. The van der Waals surface area contributed by atoms with Crippen LogP contribution in [0.2, 0.25) is 0 Å². The molecule has 0 saturated carbocycles. The highest BCUT2D eigenvalue weighted by Gasteiger charge is 2.44. The second-order valence-corrected chi connectivity index (χ2v) is 9.50. The molecule has 3 rings (SSSR count). The fourth-order valence-corrected chi connectivity index (χ4v) is 5.22. The van der Waals surface area contributed by atoms with E-state index < -0.39 is 20.3 Å². The number of hydrogen-bond donors (Lipinski definition) is 0. The molecule has 2 aliphatic rings. The van der Waals surface area contributed by atoms with E-state index in [2.05, 4.69) is 4.98 Å². The zero-order valence-corrected chi connectivity index (χ0v) is 15.2. The first kappa shape index (κ1) is 17.4. The lowest BCUT2D eigenvalue weighted by Crippen LogP contribution is -2.53. The van der Waals surface area contributed by atoms with Gasteiger partial charge in [0.2, 0.25) is 5.91 Å². The Kier molecular flexibility index (Phi) is 4.70. The van der Waals surface area contributed by atoms with Gasteiger partial charge in [-0.2, -0.15) is 0 Å². The number of rotatable bonds is 3. The highest BCUT2D eigenvalue weighted by molar-refractivity contribution is 7.92. The molecular weight excluding hydrogens is 330 g/mol. The van der Waals surface area contributed by atoms with Crippen LogP contribution in [0.4, 0.5) is 0 Å². The fraction of sp³-hybridized carbons (Fsp3) is 0.750. The van der Waals surface area contributed by atoms with Gasteiger partial charge in [0.1, 0.15) is 11.9 Å². The maximum atomic E-state index is 13.0. The molecule has 0 spiro atoms. The molecular formula is C16H25N3O4S. The van der Waals surface area contributed by atoms with Crippen molar-refractivity contribution in [3.8, 4) is 0 Å². The van der Waals surface area contributed by atoms with Gasteiger partial charge in [0.15, 0.2) is 9.84 Å². The van der Waals surface area contributed by atoms with Crippen LogP contribution in [0.3, 0.4) is 0 Å². The molecule has 0 bridgehead atoms. The Balaban J connectivity index is 1.79. The number of imidazole rings is 1. The van der Waals surface area contributed by atoms with Crippen molar-refractivity contribution in [2.45, 2.75) is 50.3 Å². The molecule has 2 fully saturated rings. The molecule has 2 unspecified atom stereocenters. The zero-order valence-electron chi connectivity index (χ0n) is 14.4. The van der Waals surface area contributed by atoms with Crippen LogP contribution in [0.25, 0.3) is 0 Å². The van der Waals surface area contributed by atoms with Crippen molar-refractivity contribution in [2.75, 3.05) is 19.7 Å². The van der Waals surface area contributed by atoms with E-state index in [1.807, 2.05) is 17.7 Å². The molecule has 24 heavy (non-hydrogen) atoms. The van der Waals surface area contributed by atoms with Crippen LogP contribution in [-0.2, 0) is 25.9 Å². The van der Waals surface area contributed by atoms with E-state index >= 15 is 0 Å². The van der Waals surface area contributed by atoms with E-state index in [9.17, 15) is 13.2 Å². The summed E-state index contributed by atoms with van der Waals surface area (Å²) in [5, 5.41) is -1.05. The van der Waals surface area contributed by atoms with Crippen molar-refractivity contribution in [3.05, 3.63) is 18.2 Å². The van der Waals surface area contributed by atoms with Crippen molar-refractivity contribution >= 4 is 15.7 Å². The molecule has 1 amide bonds. The average molecular weight is 355 g/mol. The van der Waals surface area contributed by atoms with Crippen LogP contribution >= 0.6 is 0 Å². The number of carbonyl (C=O) groups is 1. The van der Waals surface area contributed by atoms with Gasteiger partial charge < -0.3 is 14.2 Å². The molecule has 2 aliphatic heterocycles. The number of hydrogen-bond acceptors (Lipinski definition) is 5. The number of aryl methyl sites for hydroxylation is 1. The maximum Gasteiger partial charge on any atom is 0.228 e. The highest BCUT2D eigenvalue weighted by Crippen LogP contribution is 2.36. The summed E-state index contributed by atoms with van der Waals surface area (Å²) in [6, 6.07) is 0. The lowest BCUT2D eigenvalue weighted by molar-refractivity contribution is -0.137. The largest absolute Gasteiger partial charge is 0.369 e. The van der Waals surface area contributed by atoms with Crippen molar-refractivity contribution in [1.29, 1.82) is 0 Å². The van der Waals surface area contributed by atoms with E-state index in [1.165, 1.54) is 0 Å². The molecule has 0 aromatic carbocycles. The van der Waals surface area contributed by atoms with Gasteiger partial charge in [-0.15, -0.1) is 0 Å². The summed E-state index contributed by atoms with van der Waals surface area (Å²) in [6.45, 7) is 7.19. The minimum atomic E-state index is -3.14. The van der Waals surface area contributed by atoms with E-state index in [-0.39, 0.29) is 31.0 Å². The summed E-state index contributed by atoms with van der Waals surface area (Å²) in [5.74, 6) is 0.466. The lowest BCUT2D eigenvalue weighted by atomic mass is 9.98. The van der Waals surface area contributed by atoms with Gasteiger partial charge in [-0.1, -0.05) is 0 Å². The maximum absolute atomic E-state index is 13.0. The van der Waals surface area contributed by atoms with Gasteiger partial charge >= 0.3 is 0 Å². The summed E-state index contributed by atoms with van der Waals surface area (Å²) >= 11 is 0. The summed E-state index contributed by atoms with van der Waals surface area (Å²) in [5.41, 5.74) is 0. The van der Waals surface area contributed by atoms with Crippen LogP contribution in [-0.4, -0.2) is 59.0 Å². The first-order chi connectivity index (χ1) is 11.4. The number of aromatic nitrogens is 2.